The summed E-state index contributed by atoms with van der Waals surface area (Å²) in [5, 5.41) is 6.51. The molecule has 2 rings (SSSR count). The van der Waals surface area contributed by atoms with E-state index >= 15 is 0 Å². The van der Waals surface area contributed by atoms with Crippen LogP contribution in [0.3, 0.4) is 0 Å². The van der Waals surface area contributed by atoms with E-state index in [1.54, 1.807) is 20.4 Å². The molecule has 1 aromatic carbocycles. The van der Waals surface area contributed by atoms with Crippen molar-refractivity contribution in [1.82, 2.24) is 15.6 Å². The number of hydrogen-bond acceptors (Lipinski definition) is 5. The highest BCUT2D eigenvalue weighted by molar-refractivity contribution is 14.0. The van der Waals surface area contributed by atoms with Crippen LogP contribution in [0, 0.1) is 0 Å². The number of nitrogens with zero attached hydrogens (tertiary/aromatic N) is 2. The van der Waals surface area contributed by atoms with Crippen molar-refractivity contribution in [2.75, 3.05) is 33.9 Å². The average Bonchev–Trinajstić information content (AvgIpc) is 2.70. The summed E-state index contributed by atoms with van der Waals surface area (Å²) in [6.45, 7) is 4.92. The lowest BCUT2D eigenvalue weighted by atomic mass is 10.3. The maximum atomic E-state index is 5.75. The van der Waals surface area contributed by atoms with Crippen molar-refractivity contribution in [3.63, 3.8) is 0 Å². The minimum absolute atomic E-state index is 0. The van der Waals surface area contributed by atoms with Crippen LogP contribution in [0.1, 0.15) is 18.9 Å². The molecular weight excluding hydrogens is 471 g/mol. The van der Waals surface area contributed by atoms with Gasteiger partial charge in [0, 0.05) is 45.1 Å². The average molecular weight is 500 g/mol. The fourth-order valence-electron chi connectivity index (χ4n) is 2.29. The molecular formula is C20H29IN4O3. The van der Waals surface area contributed by atoms with E-state index in [9.17, 15) is 0 Å². The number of hydrogen-bond donors (Lipinski definition) is 2. The van der Waals surface area contributed by atoms with Crippen LogP contribution >= 0.6 is 24.0 Å². The van der Waals surface area contributed by atoms with Crippen molar-refractivity contribution in [3.8, 4) is 17.4 Å². The molecule has 2 N–H and O–H groups in total. The molecule has 28 heavy (non-hydrogen) atoms. The number of guanidine groups is 1. The molecule has 1 aromatic heterocycles. The largest absolute Gasteiger partial charge is 0.497 e. The van der Waals surface area contributed by atoms with Gasteiger partial charge in [-0.3, -0.25) is 0 Å². The van der Waals surface area contributed by atoms with Gasteiger partial charge >= 0.3 is 0 Å². The second-order valence-corrected chi connectivity index (χ2v) is 5.75. The Labute approximate surface area is 183 Å². The highest BCUT2D eigenvalue weighted by Crippen LogP contribution is 2.23. The van der Waals surface area contributed by atoms with Crippen molar-refractivity contribution in [3.05, 3.63) is 48.2 Å². The van der Waals surface area contributed by atoms with E-state index in [1.165, 1.54) is 0 Å². The second kappa shape index (κ2) is 14.0. The molecule has 0 aliphatic heterocycles. The van der Waals surface area contributed by atoms with Crippen LogP contribution in [0.15, 0.2) is 47.6 Å². The Hall–Kier alpha value is -2.07. The van der Waals surface area contributed by atoms with Crippen LogP contribution in [0.2, 0.25) is 0 Å². The molecule has 154 valence electrons. The molecule has 1 heterocycles. The molecule has 8 heteroatoms. The minimum atomic E-state index is 0. The molecule has 0 amide bonds. The quantitative estimate of drug-likeness (QED) is 0.225. The predicted octanol–water partition coefficient (Wildman–Crippen LogP) is 3.59. The maximum absolute atomic E-state index is 5.75. The van der Waals surface area contributed by atoms with Crippen LogP contribution in [-0.2, 0) is 11.3 Å². The molecule has 0 radical (unpaired) electrons. The van der Waals surface area contributed by atoms with Crippen molar-refractivity contribution in [2.24, 2.45) is 4.99 Å². The first-order valence-corrected chi connectivity index (χ1v) is 9.03. The zero-order chi connectivity index (χ0) is 19.3. The third kappa shape index (κ3) is 8.75. The number of rotatable bonds is 10. The van der Waals surface area contributed by atoms with Gasteiger partial charge in [0.05, 0.1) is 13.7 Å². The van der Waals surface area contributed by atoms with Gasteiger partial charge in [-0.2, -0.15) is 0 Å². The fraction of sp³-hybridized carbons (Fsp3) is 0.400. The molecule has 0 aliphatic rings. The zero-order valence-electron chi connectivity index (χ0n) is 16.6. The van der Waals surface area contributed by atoms with Crippen molar-refractivity contribution >= 4 is 29.9 Å². The van der Waals surface area contributed by atoms with Gasteiger partial charge in [0.2, 0.25) is 5.88 Å². The maximum Gasteiger partial charge on any atom is 0.219 e. The van der Waals surface area contributed by atoms with Gasteiger partial charge in [-0.1, -0.05) is 12.1 Å². The summed E-state index contributed by atoms with van der Waals surface area (Å²) < 4.78 is 16.0. The van der Waals surface area contributed by atoms with Crippen molar-refractivity contribution in [1.29, 1.82) is 0 Å². The van der Waals surface area contributed by atoms with Crippen molar-refractivity contribution in [2.45, 2.75) is 19.9 Å². The molecule has 0 unspecified atom stereocenters. The first-order chi connectivity index (χ1) is 13.2. The number of benzene rings is 1. The van der Waals surface area contributed by atoms with Crippen LogP contribution < -0.4 is 20.1 Å². The van der Waals surface area contributed by atoms with Gasteiger partial charge in [0.15, 0.2) is 5.96 Å². The Kier molecular flexibility index (Phi) is 12.0. The highest BCUT2D eigenvalue weighted by atomic mass is 127. The van der Waals surface area contributed by atoms with E-state index in [2.05, 4.69) is 20.6 Å². The number of halogens is 1. The summed E-state index contributed by atoms with van der Waals surface area (Å²) in [4.78, 5) is 8.92. The number of aliphatic imine (C=N–C) groups is 1. The molecule has 0 spiro atoms. The third-order valence-corrected chi connectivity index (χ3v) is 3.64. The topological polar surface area (TPSA) is 77.0 Å². The summed E-state index contributed by atoms with van der Waals surface area (Å²) in [6, 6.07) is 11.2. The zero-order valence-corrected chi connectivity index (χ0v) is 18.9. The lowest BCUT2D eigenvalue weighted by Crippen LogP contribution is -2.38. The lowest BCUT2D eigenvalue weighted by Gasteiger charge is -2.11. The standard InChI is InChI=1S/C20H28N4O3.HI/c1-4-21-20(22-11-6-12-25-2)24-15-16-9-10-19(23-14-16)27-18-8-5-7-17(13-18)26-3;/h5,7-10,13-14H,4,6,11-12,15H2,1-3H3,(H2,21,22,24);1H. The molecule has 2 aromatic rings. The Bertz CT molecular complexity index is 711. The summed E-state index contributed by atoms with van der Waals surface area (Å²) in [5.41, 5.74) is 1.00. The van der Waals surface area contributed by atoms with E-state index in [1.807, 2.05) is 43.3 Å². The number of ether oxygens (including phenoxy) is 3. The van der Waals surface area contributed by atoms with Gasteiger partial charge in [-0.05, 0) is 31.0 Å². The predicted molar refractivity (Wildman–Crippen MR) is 122 cm³/mol. The number of nitrogens with one attached hydrogen (secondary N) is 2. The molecule has 0 saturated carbocycles. The summed E-state index contributed by atoms with van der Waals surface area (Å²) in [7, 11) is 3.33. The van der Waals surface area contributed by atoms with E-state index in [0.717, 1.165) is 43.4 Å². The van der Waals surface area contributed by atoms with Gasteiger partial charge in [-0.15, -0.1) is 24.0 Å². The molecule has 0 aliphatic carbocycles. The SMILES string of the molecule is CCNC(=NCc1ccc(Oc2cccc(OC)c2)nc1)NCCCOC.I. The summed E-state index contributed by atoms with van der Waals surface area (Å²) >= 11 is 0. The summed E-state index contributed by atoms with van der Waals surface area (Å²) in [5.74, 6) is 2.74. The summed E-state index contributed by atoms with van der Waals surface area (Å²) in [6.07, 6.45) is 2.70. The third-order valence-electron chi connectivity index (χ3n) is 3.64. The van der Waals surface area contributed by atoms with Gasteiger partial charge in [0.1, 0.15) is 11.5 Å². The second-order valence-electron chi connectivity index (χ2n) is 5.75. The van der Waals surface area contributed by atoms with Gasteiger partial charge in [0.25, 0.3) is 0 Å². The first-order valence-electron chi connectivity index (χ1n) is 9.03. The molecule has 0 bridgehead atoms. The van der Waals surface area contributed by atoms with Crippen molar-refractivity contribution < 1.29 is 14.2 Å². The normalized spacial score (nSPS) is 10.8. The van der Waals surface area contributed by atoms with E-state index in [-0.39, 0.29) is 24.0 Å². The van der Waals surface area contributed by atoms with E-state index in [0.29, 0.717) is 18.2 Å². The van der Waals surface area contributed by atoms with E-state index < -0.39 is 0 Å². The van der Waals surface area contributed by atoms with Crippen LogP contribution in [-0.4, -0.2) is 44.9 Å². The minimum Gasteiger partial charge on any atom is -0.497 e. The Morgan fingerprint density at radius 2 is 1.93 bits per heavy atom. The van der Waals surface area contributed by atoms with Crippen LogP contribution in [0.5, 0.6) is 17.4 Å². The molecule has 7 nitrogen and oxygen atoms in total. The lowest BCUT2D eigenvalue weighted by molar-refractivity contribution is 0.195. The number of pyridine rings is 1. The monoisotopic (exact) mass is 500 g/mol. The van der Waals surface area contributed by atoms with Crippen LogP contribution in [0.4, 0.5) is 0 Å². The van der Waals surface area contributed by atoms with Gasteiger partial charge < -0.3 is 24.8 Å². The molecule has 0 saturated heterocycles. The van der Waals surface area contributed by atoms with Crippen LogP contribution in [0.25, 0.3) is 0 Å². The highest BCUT2D eigenvalue weighted by Gasteiger charge is 2.02. The number of aromatic nitrogens is 1. The fourth-order valence-corrected chi connectivity index (χ4v) is 2.29. The molecule has 0 atom stereocenters. The molecule has 0 fully saturated rings. The first kappa shape index (κ1) is 24.0. The Balaban J connectivity index is 0.00000392. The Morgan fingerprint density at radius 1 is 1.11 bits per heavy atom. The number of methoxy groups -OCH3 is 2. The van der Waals surface area contributed by atoms with Gasteiger partial charge in [-0.25, -0.2) is 9.98 Å². The van der Waals surface area contributed by atoms with E-state index in [4.69, 9.17) is 14.2 Å². The smallest absolute Gasteiger partial charge is 0.219 e. The Morgan fingerprint density at radius 3 is 2.61 bits per heavy atom.